The van der Waals surface area contributed by atoms with Gasteiger partial charge < -0.3 is 9.84 Å². The van der Waals surface area contributed by atoms with E-state index in [0.29, 0.717) is 14.9 Å². The van der Waals surface area contributed by atoms with E-state index in [1.165, 1.54) is 18.1 Å². The van der Waals surface area contributed by atoms with Crippen LogP contribution in [-0.2, 0) is 14.3 Å². The number of ether oxygens (including phenoxy) is 1. The first-order valence-electron chi connectivity index (χ1n) is 7.80. The second-order valence-corrected chi connectivity index (χ2v) is 8.13. The van der Waals surface area contributed by atoms with E-state index in [4.69, 9.17) is 17.0 Å². The maximum absolute atomic E-state index is 13.0. The molecule has 1 aliphatic heterocycles. The van der Waals surface area contributed by atoms with Crippen LogP contribution < -0.4 is 0 Å². The summed E-state index contributed by atoms with van der Waals surface area (Å²) in [5.41, 5.74) is 1.34. The van der Waals surface area contributed by atoms with Gasteiger partial charge >= 0.3 is 5.97 Å². The normalized spacial score (nSPS) is 16.7. The summed E-state index contributed by atoms with van der Waals surface area (Å²) in [6.45, 7) is 0. The van der Waals surface area contributed by atoms with E-state index >= 15 is 0 Å². The van der Waals surface area contributed by atoms with Crippen molar-refractivity contribution in [1.82, 2.24) is 4.90 Å². The maximum Gasteiger partial charge on any atom is 0.333 e. The molecule has 138 valence electrons. The Morgan fingerprint density at radius 1 is 1.30 bits per heavy atom. The zero-order chi connectivity index (χ0) is 19.6. The summed E-state index contributed by atoms with van der Waals surface area (Å²) in [5.74, 6) is -0.825. The molecule has 0 spiro atoms. The monoisotopic (exact) mass is 463 g/mol. The van der Waals surface area contributed by atoms with Crippen molar-refractivity contribution < 1.29 is 19.4 Å². The van der Waals surface area contributed by atoms with Gasteiger partial charge in [-0.1, -0.05) is 60.4 Å². The van der Waals surface area contributed by atoms with Gasteiger partial charge in [0, 0.05) is 0 Å². The SMILES string of the molecule is COC(=O)C(c1ccccc1)N1C(=O)/C(=C\c2ccc(O)c(Br)c2)SC1=S. The van der Waals surface area contributed by atoms with Gasteiger partial charge in [-0.05, 0) is 45.3 Å². The third-order valence-electron chi connectivity index (χ3n) is 3.89. The van der Waals surface area contributed by atoms with E-state index in [2.05, 4.69) is 15.9 Å². The Labute approximate surface area is 174 Å². The van der Waals surface area contributed by atoms with Gasteiger partial charge in [0.25, 0.3) is 5.91 Å². The number of thiocarbonyl (C=S) groups is 1. The molecule has 1 fully saturated rings. The second kappa shape index (κ2) is 8.24. The Hall–Kier alpha value is -2.16. The van der Waals surface area contributed by atoms with Gasteiger partial charge in [-0.3, -0.25) is 9.69 Å². The van der Waals surface area contributed by atoms with Crippen LogP contribution in [0.2, 0.25) is 0 Å². The minimum absolute atomic E-state index is 0.106. The number of esters is 1. The number of amides is 1. The number of benzene rings is 2. The fourth-order valence-corrected chi connectivity index (χ4v) is 4.31. The van der Waals surface area contributed by atoms with Crippen LogP contribution in [0.15, 0.2) is 57.9 Å². The molecule has 2 aromatic carbocycles. The summed E-state index contributed by atoms with van der Waals surface area (Å²) in [6.07, 6.45) is 1.67. The number of halogens is 1. The molecular weight excluding hydrogens is 450 g/mol. The van der Waals surface area contributed by atoms with E-state index in [1.807, 2.05) is 6.07 Å². The zero-order valence-corrected chi connectivity index (χ0v) is 17.3. The molecule has 0 saturated carbocycles. The molecule has 5 nitrogen and oxygen atoms in total. The molecule has 0 radical (unpaired) electrons. The Morgan fingerprint density at radius 3 is 2.63 bits per heavy atom. The molecule has 0 bridgehead atoms. The van der Waals surface area contributed by atoms with Gasteiger partial charge in [0.15, 0.2) is 6.04 Å². The first-order valence-corrected chi connectivity index (χ1v) is 9.82. The van der Waals surface area contributed by atoms with Gasteiger partial charge in [0.1, 0.15) is 10.1 Å². The number of nitrogens with zero attached hydrogens (tertiary/aromatic N) is 1. The summed E-state index contributed by atoms with van der Waals surface area (Å²) >= 11 is 9.74. The molecule has 1 unspecified atom stereocenters. The highest BCUT2D eigenvalue weighted by Gasteiger charge is 2.41. The Bertz CT molecular complexity index is 946. The molecule has 1 N–H and O–H groups in total. The van der Waals surface area contributed by atoms with Crippen LogP contribution in [0.25, 0.3) is 6.08 Å². The van der Waals surface area contributed by atoms with Crippen molar-refractivity contribution >= 4 is 62.2 Å². The second-order valence-electron chi connectivity index (χ2n) is 5.60. The third-order valence-corrected chi connectivity index (χ3v) is 5.86. The molecule has 8 heteroatoms. The first kappa shape index (κ1) is 19.6. The average molecular weight is 464 g/mol. The van der Waals surface area contributed by atoms with E-state index in [0.717, 1.165) is 17.3 Å². The van der Waals surface area contributed by atoms with Gasteiger partial charge in [-0.25, -0.2) is 4.79 Å². The lowest BCUT2D eigenvalue weighted by Gasteiger charge is -2.24. The number of carbonyl (C=O) groups excluding carboxylic acids is 2. The molecule has 1 heterocycles. The predicted molar refractivity (Wildman–Crippen MR) is 112 cm³/mol. The maximum atomic E-state index is 13.0. The Balaban J connectivity index is 1.97. The van der Waals surface area contributed by atoms with Gasteiger partial charge in [-0.2, -0.15) is 0 Å². The number of phenols is 1. The summed E-state index contributed by atoms with van der Waals surface area (Å²) in [5, 5.41) is 9.61. The lowest BCUT2D eigenvalue weighted by molar-refractivity contribution is -0.148. The topological polar surface area (TPSA) is 66.8 Å². The average Bonchev–Trinajstić information content (AvgIpc) is 2.93. The van der Waals surface area contributed by atoms with Crippen LogP contribution in [0.1, 0.15) is 17.2 Å². The molecular formula is C19H14BrNO4S2. The van der Waals surface area contributed by atoms with Gasteiger partial charge in [0.2, 0.25) is 0 Å². The van der Waals surface area contributed by atoms with Crippen LogP contribution in [0.4, 0.5) is 0 Å². The molecule has 1 atom stereocenters. The van der Waals surface area contributed by atoms with E-state index in [9.17, 15) is 14.7 Å². The highest BCUT2D eigenvalue weighted by Crippen LogP contribution is 2.39. The van der Waals surface area contributed by atoms with Gasteiger partial charge in [-0.15, -0.1) is 0 Å². The number of rotatable bonds is 4. The van der Waals surface area contributed by atoms with Crippen molar-refractivity contribution in [3.8, 4) is 5.75 Å². The van der Waals surface area contributed by atoms with Crippen molar-refractivity contribution in [3.63, 3.8) is 0 Å². The number of phenolic OH excluding ortho intramolecular Hbond substituents is 1. The summed E-state index contributed by atoms with van der Waals surface area (Å²) in [4.78, 5) is 27.1. The van der Waals surface area contributed by atoms with Crippen molar-refractivity contribution in [3.05, 3.63) is 69.0 Å². The summed E-state index contributed by atoms with van der Waals surface area (Å²) in [6, 6.07) is 12.9. The lowest BCUT2D eigenvalue weighted by Crippen LogP contribution is -2.37. The lowest BCUT2D eigenvalue weighted by atomic mass is 10.1. The van der Waals surface area contributed by atoms with E-state index < -0.39 is 12.0 Å². The smallest absolute Gasteiger partial charge is 0.333 e. The molecule has 27 heavy (non-hydrogen) atoms. The van der Waals surface area contributed by atoms with Crippen LogP contribution in [0.5, 0.6) is 5.75 Å². The number of thioether (sulfide) groups is 1. The van der Waals surface area contributed by atoms with Gasteiger partial charge in [0.05, 0.1) is 16.5 Å². The van der Waals surface area contributed by atoms with E-state index in [-0.39, 0.29) is 16.0 Å². The molecule has 2 aromatic rings. The van der Waals surface area contributed by atoms with Crippen molar-refractivity contribution in [2.75, 3.05) is 7.11 Å². The highest BCUT2D eigenvalue weighted by atomic mass is 79.9. The number of carbonyl (C=O) groups is 2. The predicted octanol–water partition coefficient (Wildman–Crippen LogP) is 4.27. The van der Waals surface area contributed by atoms with Crippen LogP contribution in [0.3, 0.4) is 0 Å². The minimum Gasteiger partial charge on any atom is -0.507 e. The fourth-order valence-electron chi connectivity index (χ4n) is 2.60. The number of hydrogen-bond donors (Lipinski definition) is 1. The molecule has 1 saturated heterocycles. The Kier molecular flexibility index (Phi) is 5.98. The quantitative estimate of drug-likeness (QED) is 0.414. The van der Waals surface area contributed by atoms with Crippen molar-refractivity contribution in [1.29, 1.82) is 0 Å². The van der Waals surface area contributed by atoms with Crippen molar-refractivity contribution in [2.45, 2.75) is 6.04 Å². The Morgan fingerprint density at radius 2 is 2.00 bits per heavy atom. The molecule has 3 rings (SSSR count). The minimum atomic E-state index is -0.943. The number of aromatic hydroxyl groups is 1. The van der Waals surface area contributed by atoms with Crippen LogP contribution in [-0.4, -0.2) is 33.3 Å². The number of hydrogen-bond acceptors (Lipinski definition) is 6. The molecule has 1 amide bonds. The summed E-state index contributed by atoms with van der Waals surface area (Å²) < 4.78 is 5.70. The molecule has 1 aliphatic rings. The molecule has 0 aromatic heterocycles. The first-order chi connectivity index (χ1) is 12.9. The van der Waals surface area contributed by atoms with Crippen LogP contribution in [0, 0.1) is 0 Å². The fraction of sp³-hybridized carbons (Fsp3) is 0.105. The van der Waals surface area contributed by atoms with E-state index in [1.54, 1.807) is 42.5 Å². The van der Waals surface area contributed by atoms with Crippen molar-refractivity contribution in [2.24, 2.45) is 0 Å². The largest absolute Gasteiger partial charge is 0.507 e. The molecule has 0 aliphatic carbocycles. The standard InChI is InChI=1S/C19H14BrNO4S2/c1-25-18(24)16(12-5-3-2-4-6-12)21-17(23)15(27-19(21)26)10-11-7-8-14(22)13(20)9-11/h2-10,16,22H,1H3/b15-10+. The third kappa shape index (κ3) is 4.07. The van der Waals surface area contributed by atoms with Crippen LogP contribution >= 0.6 is 39.9 Å². The highest BCUT2D eigenvalue weighted by molar-refractivity contribution is 9.10. The number of methoxy groups -OCH3 is 1. The summed E-state index contributed by atoms with van der Waals surface area (Å²) in [7, 11) is 1.28. The zero-order valence-electron chi connectivity index (χ0n) is 14.1.